The zero-order valence-corrected chi connectivity index (χ0v) is 11.6. The van der Waals surface area contributed by atoms with Crippen LogP contribution >= 0.6 is 7.82 Å². The smallest absolute Gasteiger partial charge is 1.00 e. The summed E-state index contributed by atoms with van der Waals surface area (Å²) in [5.74, 6) is -0.795. The molecule has 0 aromatic carbocycles. The van der Waals surface area contributed by atoms with Crippen LogP contribution in [-0.2, 0) is 23.7 Å². The van der Waals surface area contributed by atoms with Crippen LogP contribution in [0, 0.1) is 0 Å². The Morgan fingerprint density at radius 3 is 2.50 bits per heavy atom. The van der Waals surface area contributed by atoms with E-state index in [1.54, 1.807) is 0 Å². The first-order valence-electron chi connectivity index (χ1n) is 3.11. The number of hydrogen-bond acceptors (Lipinski definition) is 5. The molecular formula is C5H10KO7P. The van der Waals surface area contributed by atoms with Crippen molar-refractivity contribution in [2.45, 2.75) is 0 Å². The minimum Gasteiger partial charge on any atom is -1.00 e. The third-order valence-electron chi connectivity index (χ3n) is 0.734. The predicted octanol–water partition coefficient (Wildman–Crippen LogP) is -3.13. The van der Waals surface area contributed by atoms with Crippen molar-refractivity contribution in [3.8, 4) is 0 Å². The second-order valence-corrected chi connectivity index (χ2v) is 2.99. The number of phosphoric ester groups is 1. The van der Waals surface area contributed by atoms with Gasteiger partial charge < -0.3 is 11.2 Å². The summed E-state index contributed by atoms with van der Waals surface area (Å²) < 4.78 is 14.0. The molecule has 0 unspecified atom stereocenters. The van der Waals surface area contributed by atoms with Crippen LogP contribution in [0.2, 0.25) is 0 Å². The zero-order valence-electron chi connectivity index (χ0n) is 8.58. The molecule has 14 heavy (non-hydrogen) atoms. The Hall–Kier alpha value is 0.916. The SMILES string of the molecule is C=CC(=O)OOCCOP(=O)(O)O.[H-].[K+]. The molecule has 2 N–H and O–H groups in total. The molecule has 0 saturated carbocycles. The Morgan fingerprint density at radius 2 is 2.07 bits per heavy atom. The van der Waals surface area contributed by atoms with E-state index in [4.69, 9.17) is 9.79 Å². The Morgan fingerprint density at radius 1 is 1.50 bits per heavy atom. The summed E-state index contributed by atoms with van der Waals surface area (Å²) in [6.45, 7) is 2.44. The van der Waals surface area contributed by atoms with Gasteiger partial charge in [0.1, 0.15) is 6.61 Å². The first-order chi connectivity index (χ1) is 5.95. The van der Waals surface area contributed by atoms with Crippen LogP contribution in [0.5, 0.6) is 0 Å². The van der Waals surface area contributed by atoms with Crippen LogP contribution in [0.15, 0.2) is 12.7 Å². The summed E-state index contributed by atoms with van der Waals surface area (Å²) in [6, 6.07) is 0. The summed E-state index contributed by atoms with van der Waals surface area (Å²) in [6.07, 6.45) is 0.879. The fourth-order valence-electron chi connectivity index (χ4n) is 0.324. The molecule has 9 heteroatoms. The topological polar surface area (TPSA) is 102 Å². The van der Waals surface area contributed by atoms with E-state index < -0.39 is 13.8 Å². The van der Waals surface area contributed by atoms with E-state index in [1.165, 1.54) is 0 Å². The van der Waals surface area contributed by atoms with Gasteiger partial charge in [0.25, 0.3) is 0 Å². The Bertz CT molecular complexity index is 229. The molecule has 0 heterocycles. The first kappa shape index (κ1) is 17.3. The van der Waals surface area contributed by atoms with E-state index in [1.807, 2.05) is 0 Å². The van der Waals surface area contributed by atoms with Crippen molar-refractivity contribution in [3.05, 3.63) is 12.7 Å². The molecule has 0 radical (unpaired) electrons. The van der Waals surface area contributed by atoms with Gasteiger partial charge in [0.05, 0.1) is 6.61 Å². The Balaban J connectivity index is -0.000000720. The van der Waals surface area contributed by atoms with Gasteiger partial charge in [-0.1, -0.05) is 6.58 Å². The molecule has 0 aromatic rings. The van der Waals surface area contributed by atoms with Gasteiger partial charge >= 0.3 is 65.2 Å². The quantitative estimate of drug-likeness (QED) is 0.129. The molecule has 0 aliphatic rings. The van der Waals surface area contributed by atoms with Gasteiger partial charge in [-0.05, 0) is 0 Å². The van der Waals surface area contributed by atoms with Gasteiger partial charge in [-0.3, -0.25) is 9.41 Å². The minimum atomic E-state index is -4.48. The van der Waals surface area contributed by atoms with Gasteiger partial charge in [-0.15, -0.1) is 0 Å². The van der Waals surface area contributed by atoms with Crippen LogP contribution in [0.3, 0.4) is 0 Å². The van der Waals surface area contributed by atoms with Gasteiger partial charge in [0.2, 0.25) is 0 Å². The zero-order chi connectivity index (χ0) is 10.3. The van der Waals surface area contributed by atoms with E-state index in [2.05, 4.69) is 20.9 Å². The van der Waals surface area contributed by atoms with E-state index in [0.29, 0.717) is 0 Å². The van der Waals surface area contributed by atoms with E-state index in [-0.39, 0.29) is 66.0 Å². The first-order valence-corrected chi connectivity index (χ1v) is 4.64. The minimum absolute atomic E-state index is 0. The second-order valence-electron chi connectivity index (χ2n) is 1.75. The van der Waals surface area contributed by atoms with Crippen molar-refractivity contribution in [2.24, 2.45) is 0 Å². The molecule has 7 nitrogen and oxygen atoms in total. The third kappa shape index (κ3) is 12.9. The maximum atomic E-state index is 10.3. The summed E-state index contributed by atoms with van der Waals surface area (Å²) in [5.41, 5.74) is 0. The fourth-order valence-corrected chi connectivity index (χ4v) is 0.636. The van der Waals surface area contributed by atoms with Gasteiger partial charge in [0, 0.05) is 6.08 Å². The molecular weight excluding hydrogens is 242 g/mol. The molecule has 0 bridgehead atoms. The monoisotopic (exact) mass is 252 g/mol. The molecule has 0 aliphatic heterocycles. The van der Waals surface area contributed by atoms with Crippen molar-refractivity contribution in [1.29, 1.82) is 0 Å². The predicted molar refractivity (Wildman–Crippen MR) is 41.3 cm³/mol. The van der Waals surface area contributed by atoms with Gasteiger partial charge in [-0.25, -0.2) is 9.36 Å². The molecule has 0 aliphatic carbocycles. The van der Waals surface area contributed by atoms with Crippen molar-refractivity contribution >= 4 is 13.8 Å². The number of carbonyl (C=O) groups is 1. The van der Waals surface area contributed by atoms with Crippen LogP contribution in [0.4, 0.5) is 0 Å². The fraction of sp³-hybridized carbons (Fsp3) is 0.400. The molecule has 0 saturated heterocycles. The number of carbonyl (C=O) groups excluding carboxylic acids is 1. The molecule has 0 atom stereocenters. The normalized spacial score (nSPS) is 10.1. The van der Waals surface area contributed by atoms with Crippen molar-refractivity contribution in [1.82, 2.24) is 0 Å². The average molecular weight is 252 g/mol. The average Bonchev–Trinajstić information content (AvgIpc) is 2.01. The van der Waals surface area contributed by atoms with Crippen LogP contribution in [0.25, 0.3) is 0 Å². The molecule has 0 aromatic heterocycles. The van der Waals surface area contributed by atoms with Crippen molar-refractivity contribution in [2.75, 3.05) is 13.2 Å². The summed E-state index contributed by atoms with van der Waals surface area (Å²) in [7, 11) is -4.48. The summed E-state index contributed by atoms with van der Waals surface area (Å²) in [4.78, 5) is 34.9. The van der Waals surface area contributed by atoms with E-state index in [9.17, 15) is 9.36 Å². The van der Waals surface area contributed by atoms with E-state index in [0.717, 1.165) is 6.08 Å². The number of phosphoric acid groups is 1. The largest absolute Gasteiger partial charge is 1.00 e. The van der Waals surface area contributed by atoms with Gasteiger partial charge in [-0.2, -0.15) is 4.89 Å². The molecule has 0 spiro atoms. The van der Waals surface area contributed by atoms with Crippen molar-refractivity contribution < 1.29 is 86.3 Å². The molecule has 78 valence electrons. The van der Waals surface area contributed by atoms with Crippen molar-refractivity contribution in [3.63, 3.8) is 0 Å². The Kier molecular flexibility index (Phi) is 11.3. The molecule has 0 amide bonds. The Labute approximate surface area is 124 Å². The number of hydrogen-bond donors (Lipinski definition) is 2. The third-order valence-corrected chi connectivity index (χ3v) is 1.25. The standard InChI is InChI=1S/C5H9O7P.K.H/c1-2-5(6)12-10-3-4-11-13(7,8)9;;/h2H,1,3-4H2,(H2,7,8,9);;/q;+1;-1. The van der Waals surface area contributed by atoms with Crippen LogP contribution in [0.1, 0.15) is 1.43 Å². The van der Waals surface area contributed by atoms with Crippen LogP contribution < -0.4 is 51.4 Å². The number of rotatable bonds is 6. The maximum absolute atomic E-state index is 10.3. The molecule has 0 rings (SSSR count). The van der Waals surface area contributed by atoms with Gasteiger partial charge in [0.15, 0.2) is 0 Å². The second kappa shape index (κ2) is 9.16. The maximum Gasteiger partial charge on any atom is 1.00 e. The van der Waals surface area contributed by atoms with Crippen LogP contribution in [-0.4, -0.2) is 29.0 Å². The van der Waals surface area contributed by atoms with E-state index >= 15 is 0 Å². The molecule has 0 fully saturated rings. The summed E-state index contributed by atoms with van der Waals surface area (Å²) >= 11 is 0. The summed E-state index contributed by atoms with van der Waals surface area (Å²) in [5, 5.41) is 0.